The van der Waals surface area contributed by atoms with E-state index in [1.165, 1.54) is 56.9 Å². The Bertz CT molecular complexity index is 952. The number of fused-ring (bicyclic) bond motifs is 1. The lowest BCUT2D eigenvalue weighted by atomic mass is 9.68. The summed E-state index contributed by atoms with van der Waals surface area (Å²) in [5.41, 5.74) is 4.38. The van der Waals surface area contributed by atoms with E-state index < -0.39 is 0 Å². The van der Waals surface area contributed by atoms with Gasteiger partial charge in [-0.1, -0.05) is 50.5 Å². The topological polar surface area (TPSA) is 9.23 Å². The zero-order valence-corrected chi connectivity index (χ0v) is 21.4. The SMILES string of the molecule is CCCc1ccc(-c2cc(F)c3c(c2)CCC(C2CCC(C4CCC(CCF)CC4)CC2)O3)cc1. The van der Waals surface area contributed by atoms with Crippen molar-refractivity contribution in [3.05, 3.63) is 53.3 Å². The average Bonchev–Trinajstić information content (AvgIpc) is 2.90. The number of rotatable bonds is 7. The van der Waals surface area contributed by atoms with Crippen LogP contribution < -0.4 is 4.74 Å². The average molecular weight is 481 g/mol. The Morgan fingerprint density at radius 1 is 0.800 bits per heavy atom. The van der Waals surface area contributed by atoms with Crippen molar-refractivity contribution in [1.29, 1.82) is 0 Å². The molecule has 0 saturated heterocycles. The summed E-state index contributed by atoms with van der Waals surface area (Å²) in [6.07, 6.45) is 15.0. The lowest BCUT2D eigenvalue weighted by Crippen LogP contribution is -2.35. The molecule has 3 heteroatoms. The van der Waals surface area contributed by atoms with E-state index in [1.54, 1.807) is 6.07 Å². The van der Waals surface area contributed by atoms with E-state index in [-0.39, 0.29) is 18.6 Å². The molecule has 2 aliphatic carbocycles. The van der Waals surface area contributed by atoms with Crippen LogP contribution >= 0.6 is 0 Å². The molecule has 0 aromatic heterocycles. The van der Waals surface area contributed by atoms with Crippen LogP contribution in [0.15, 0.2) is 36.4 Å². The van der Waals surface area contributed by atoms with Crippen molar-refractivity contribution in [1.82, 2.24) is 0 Å². The minimum atomic E-state index is -0.210. The maximum Gasteiger partial charge on any atom is 0.165 e. The summed E-state index contributed by atoms with van der Waals surface area (Å²) in [5.74, 6) is 3.13. The number of aryl methyl sites for hydroxylation is 2. The molecular weight excluding hydrogens is 438 g/mol. The summed E-state index contributed by atoms with van der Waals surface area (Å²) in [5, 5.41) is 0. The molecule has 0 spiro atoms. The Hall–Kier alpha value is -1.90. The molecule has 1 heterocycles. The lowest BCUT2D eigenvalue weighted by molar-refractivity contribution is 0.0568. The van der Waals surface area contributed by atoms with Crippen molar-refractivity contribution in [3.63, 3.8) is 0 Å². The van der Waals surface area contributed by atoms with Crippen molar-refractivity contribution >= 4 is 0 Å². The van der Waals surface area contributed by atoms with Crippen LogP contribution in [-0.4, -0.2) is 12.8 Å². The summed E-state index contributed by atoms with van der Waals surface area (Å²) < 4.78 is 34.2. The molecule has 1 atom stereocenters. The van der Waals surface area contributed by atoms with Crippen molar-refractivity contribution < 1.29 is 13.5 Å². The fraction of sp³-hybridized carbons (Fsp3) is 0.625. The molecule has 1 unspecified atom stereocenters. The molecule has 2 saturated carbocycles. The van der Waals surface area contributed by atoms with Gasteiger partial charge in [-0.15, -0.1) is 0 Å². The van der Waals surface area contributed by atoms with Gasteiger partial charge in [0.05, 0.1) is 6.67 Å². The quantitative estimate of drug-likeness (QED) is 0.384. The molecule has 0 N–H and O–H groups in total. The molecule has 3 aliphatic rings. The zero-order chi connectivity index (χ0) is 24.2. The Morgan fingerprint density at radius 3 is 2.11 bits per heavy atom. The predicted octanol–water partition coefficient (Wildman–Crippen LogP) is 9.11. The molecule has 0 radical (unpaired) electrons. The molecule has 190 valence electrons. The number of alkyl halides is 1. The third-order valence-corrected chi connectivity index (χ3v) is 9.33. The standard InChI is InChI=1S/C32H42F2O/c1-2-3-22-4-10-26(11-5-22)29-20-28-16-17-31(35-32(28)30(34)21-29)27-14-12-25(13-15-27)24-8-6-23(7-9-24)18-19-33/h4-5,10-11,20-21,23-25,27,31H,2-3,6-9,12-19H2,1H3. The van der Waals surface area contributed by atoms with Gasteiger partial charge in [-0.3, -0.25) is 4.39 Å². The maximum atomic E-state index is 15.2. The smallest absolute Gasteiger partial charge is 0.165 e. The normalized spacial score (nSPS) is 28.8. The summed E-state index contributed by atoms with van der Waals surface area (Å²) in [6, 6.07) is 12.4. The minimum Gasteiger partial charge on any atom is -0.487 e. The molecule has 0 amide bonds. The van der Waals surface area contributed by atoms with Crippen LogP contribution in [0.2, 0.25) is 0 Å². The summed E-state index contributed by atoms with van der Waals surface area (Å²) in [7, 11) is 0. The van der Waals surface area contributed by atoms with Crippen molar-refractivity contribution in [2.45, 2.75) is 96.5 Å². The molecular formula is C32H42F2O. The molecule has 2 aromatic carbocycles. The summed E-state index contributed by atoms with van der Waals surface area (Å²) in [4.78, 5) is 0. The molecule has 0 bridgehead atoms. The third kappa shape index (κ3) is 5.75. The Labute approximate surface area is 210 Å². The highest BCUT2D eigenvalue weighted by Crippen LogP contribution is 2.45. The summed E-state index contributed by atoms with van der Waals surface area (Å²) >= 11 is 0. The monoisotopic (exact) mass is 480 g/mol. The number of hydrogen-bond donors (Lipinski definition) is 0. The van der Waals surface area contributed by atoms with E-state index >= 15 is 4.39 Å². The number of hydrogen-bond acceptors (Lipinski definition) is 1. The van der Waals surface area contributed by atoms with Crippen LogP contribution in [0.3, 0.4) is 0 Å². The molecule has 1 aliphatic heterocycles. The minimum absolute atomic E-state index is 0.150. The van der Waals surface area contributed by atoms with Gasteiger partial charge in [0, 0.05) is 0 Å². The Balaban J connectivity index is 1.17. The second-order valence-electron chi connectivity index (χ2n) is 11.5. The first-order valence-corrected chi connectivity index (χ1v) is 14.3. The van der Waals surface area contributed by atoms with Gasteiger partial charge in [-0.05, 0) is 122 Å². The van der Waals surface area contributed by atoms with E-state index in [1.807, 2.05) is 0 Å². The first-order chi connectivity index (χ1) is 17.1. The fourth-order valence-electron chi connectivity index (χ4n) is 7.22. The highest BCUT2D eigenvalue weighted by Gasteiger charge is 2.36. The van der Waals surface area contributed by atoms with E-state index in [4.69, 9.17) is 4.74 Å². The first-order valence-electron chi connectivity index (χ1n) is 14.3. The molecule has 35 heavy (non-hydrogen) atoms. The van der Waals surface area contributed by atoms with Gasteiger partial charge >= 0.3 is 0 Å². The largest absolute Gasteiger partial charge is 0.487 e. The molecule has 2 aromatic rings. The van der Waals surface area contributed by atoms with E-state index in [2.05, 4.69) is 37.3 Å². The van der Waals surface area contributed by atoms with Gasteiger partial charge in [-0.25, -0.2) is 4.39 Å². The number of benzene rings is 2. The van der Waals surface area contributed by atoms with Gasteiger partial charge in [0.15, 0.2) is 11.6 Å². The van der Waals surface area contributed by atoms with Gasteiger partial charge in [0.1, 0.15) is 6.10 Å². The first kappa shape index (κ1) is 24.8. The molecule has 2 fully saturated rings. The van der Waals surface area contributed by atoms with E-state index in [0.29, 0.717) is 17.6 Å². The second-order valence-corrected chi connectivity index (χ2v) is 11.5. The van der Waals surface area contributed by atoms with Gasteiger partial charge < -0.3 is 4.74 Å². The van der Waals surface area contributed by atoms with Crippen LogP contribution in [0.25, 0.3) is 11.1 Å². The van der Waals surface area contributed by atoms with Crippen molar-refractivity contribution in [2.75, 3.05) is 6.67 Å². The van der Waals surface area contributed by atoms with Crippen LogP contribution in [0, 0.1) is 29.5 Å². The van der Waals surface area contributed by atoms with E-state index in [9.17, 15) is 4.39 Å². The van der Waals surface area contributed by atoms with Crippen molar-refractivity contribution in [2.24, 2.45) is 23.7 Å². The van der Waals surface area contributed by atoms with Crippen LogP contribution in [-0.2, 0) is 12.8 Å². The van der Waals surface area contributed by atoms with Gasteiger partial charge in [-0.2, -0.15) is 0 Å². The predicted molar refractivity (Wildman–Crippen MR) is 140 cm³/mol. The highest BCUT2D eigenvalue weighted by molar-refractivity contribution is 5.66. The molecule has 1 nitrogen and oxygen atoms in total. The second kappa shape index (κ2) is 11.4. The molecule has 5 rings (SSSR count). The van der Waals surface area contributed by atoms with Gasteiger partial charge in [0.25, 0.3) is 0 Å². The highest BCUT2D eigenvalue weighted by atomic mass is 19.1. The maximum absolute atomic E-state index is 15.2. The number of ether oxygens (including phenoxy) is 1. The number of halogens is 2. The van der Waals surface area contributed by atoms with Crippen LogP contribution in [0.4, 0.5) is 8.78 Å². The summed E-state index contributed by atoms with van der Waals surface area (Å²) in [6.45, 7) is 2.04. The zero-order valence-electron chi connectivity index (χ0n) is 21.4. The fourth-order valence-corrected chi connectivity index (χ4v) is 7.22. The Kier molecular flexibility index (Phi) is 8.10. The van der Waals surface area contributed by atoms with Crippen LogP contribution in [0.1, 0.15) is 88.7 Å². The van der Waals surface area contributed by atoms with Crippen molar-refractivity contribution in [3.8, 4) is 16.9 Å². The van der Waals surface area contributed by atoms with E-state index in [0.717, 1.165) is 60.6 Å². The van der Waals surface area contributed by atoms with Crippen LogP contribution in [0.5, 0.6) is 5.75 Å². The third-order valence-electron chi connectivity index (χ3n) is 9.33. The lowest BCUT2D eigenvalue weighted by Gasteiger charge is -2.40. The van der Waals surface area contributed by atoms with Gasteiger partial charge in [0.2, 0.25) is 0 Å². The Morgan fingerprint density at radius 2 is 1.46 bits per heavy atom.